The molecular weight excluding hydrogens is 308 g/mol. The maximum Gasteiger partial charge on any atom is 0.0711 e. The molecule has 1 saturated heterocycles. The summed E-state index contributed by atoms with van der Waals surface area (Å²) in [5.41, 5.74) is 5.76. The Hall–Kier alpha value is -2.30. The van der Waals surface area contributed by atoms with Crippen molar-refractivity contribution < 1.29 is 0 Å². The highest BCUT2D eigenvalue weighted by Crippen LogP contribution is 2.29. The van der Waals surface area contributed by atoms with Gasteiger partial charge in [0.15, 0.2) is 0 Å². The Kier molecular flexibility index (Phi) is 4.47. The maximum absolute atomic E-state index is 4.78. The first kappa shape index (κ1) is 16.2. The minimum atomic E-state index is 0.983. The fourth-order valence-electron chi connectivity index (χ4n) is 3.53. The van der Waals surface area contributed by atoms with E-state index in [1.165, 1.54) is 22.1 Å². The number of aryl methyl sites for hydroxylation is 1. The van der Waals surface area contributed by atoms with E-state index in [1.807, 2.05) is 18.5 Å². The van der Waals surface area contributed by atoms with Crippen LogP contribution in [0.15, 0.2) is 48.8 Å². The van der Waals surface area contributed by atoms with Crippen LogP contribution in [0.1, 0.15) is 11.1 Å². The minimum absolute atomic E-state index is 0.983. The number of hydrogen-bond acceptors (Lipinski definition) is 4. The van der Waals surface area contributed by atoms with E-state index in [4.69, 9.17) is 4.98 Å². The van der Waals surface area contributed by atoms with Crippen LogP contribution >= 0.6 is 0 Å². The van der Waals surface area contributed by atoms with E-state index in [9.17, 15) is 0 Å². The van der Waals surface area contributed by atoms with Crippen molar-refractivity contribution in [2.45, 2.75) is 13.5 Å². The van der Waals surface area contributed by atoms with Crippen LogP contribution in [0, 0.1) is 6.92 Å². The van der Waals surface area contributed by atoms with E-state index in [0.29, 0.717) is 0 Å². The molecule has 1 aliphatic heterocycles. The molecule has 0 atom stereocenters. The van der Waals surface area contributed by atoms with Gasteiger partial charge in [-0.15, -0.1) is 0 Å². The van der Waals surface area contributed by atoms with Crippen LogP contribution in [0.5, 0.6) is 0 Å². The van der Waals surface area contributed by atoms with Crippen molar-refractivity contribution in [1.82, 2.24) is 19.8 Å². The van der Waals surface area contributed by atoms with E-state index in [-0.39, 0.29) is 0 Å². The van der Waals surface area contributed by atoms with Crippen molar-refractivity contribution in [1.29, 1.82) is 0 Å². The van der Waals surface area contributed by atoms with E-state index < -0.39 is 0 Å². The largest absolute Gasteiger partial charge is 0.304 e. The topological polar surface area (TPSA) is 32.3 Å². The zero-order chi connectivity index (χ0) is 17.2. The van der Waals surface area contributed by atoms with Gasteiger partial charge in [0, 0.05) is 56.1 Å². The van der Waals surface area contributed by atoms with E-state index >= 15 is 0 Å². The number of likely N-dealkylation sites (N-methyl/N-ethyl adjacent to an activating group) is 1. The monoisotopic (exact) mass is 332 g/mol. The molecule has 0 N–H and O–H groups in total. The molecule has 3 heterocycles. The second-order valence-corrected chi connectivity index (χ2v) is 6.96. The number of hydrogen-bond donors (Lipinski definition) is 0. The molecule has 0 saturated carbocycles. The smallest absolute Gasteiger partial charge is 0.0711 e. The summed E-state index contributed by atoms with van der Waals surface area (Å²) in [6.45, 7) is 7.68. The van der Waals surface area contributed by atoms with Crippen LogP contribution in [0.2, 0.25) is 0 Å². The number of aromatic nitrogens is 2. The van der Waals surface area contributed by atoms with E-state index in [0.717, 1.165) is 43.9 Å². The van der Waals surface area contributed by atoms with Crippen LogP contribution in [0.3, 0.4) is 0 Å². The lowest BCUT2D eigenvalue weighted by Gasteiger charge is -2.32. The summed E-state index contributed by atoms with van der Waals surface area (Å²) in [6, 6.07) is 12.7. The Morgan fingerprint density at radius 1 is 0.960 bits per heavy atom. The summed E-state index contributed by atoms with van der Waals surface area (Å²) in [4.78, 5) is 14.1. The molecule has 0 bridgehead atoms. The zero-order valence-electron chi connectivity index (χ0n) is 14.9. The van der Waals surface area contributed by atoms with Gasteiger partial charge in [-0.3, -0.25) is 14.9 Å². The zero-order valence-corrected chi connectivity index (χ0v) is 14.9. The van der Waals surface area contributed by atoms with Crippen molar-refractivity contribution >= 4 is 10.9 Å². The fourth-order valence-corrected chi connectivity index (χ4v) is 3.53. The third-order valence-corrected chi connectivity index (χ3v) is 5.08. The standard InChI is InChI=1S/C21H24N4/c1-16-5-7-19-18(4-3-9-22-19)21(16)20-8-6-17(14-23-20)15-25-12-10-24(2)11-13-25/h3-9,14H,10-13,15H2,1-2H3. The third kappa shape index (κ3) is 3.41. The Morgan fingerprint density at radius 2 is 1.80 bits per heavy atom. The Morgan fingerprint density at radius 3 is 2.56 bits per heavy atom. The molecule has 0 amide bonds. The average molecular weight is 332 g/mol. The summed E-state index contributed by atoms with van der Waals surface area (Å²) in [7, 11) is 2.19. The third-order valence-electron chi connectivity index (χ3n) is 5.08. The van der Waals surface area contributed by atoms with Gasteiger partial charge >= 0.3 is 0 Å². The summed E-state index contributed by atoms with van der Waals surface area (Å²) in [6.07, 6.45) is 3.87. The molecule has 3 aromatic rings. The molecule has 2 aromatic heterocycles. The second kappa shape index (κ2) is 6.90. The molecule has 1 fully saturated rings. The molecule has 0 spiro atoms. The normalized spacial score (nSPS) is 16.4. The molecular formula is C21H24N4. The van der Waals surface area contributed by atoms with Gasteiger partial charge in [0.1, 0.15) is 0 Å². The lowest BCUT2D eigenvalue weighted by Crippen LogP contribution is -2.43. The molecule has 4 heteroatoms. The number of rotatable bonds is 3. The second-order valence-electron chi connectivity index (χ2n) is 6.96. The van der Waals surface area contributed by atoms with Gasteiger partial charge in [-0.05, 0) is 43.3 Å². The average Bonchev–Trinajstić information content (AvgIpc) is 2.64. The number of benzene rings is 1. The molecule has 0 radical (unpaired) electrons. The summed E-state index contributed by atoms with van der Waals surface area (Å²) in [5, 5.41) is 1.17. The lowest BCUT2D eigenvalue weighted by atomic mass is 9.99. The summed E-state index contributed by atoms with van der Waals surface area (Å²) in [5.74, 6) is 0. The number of nitrogens with zero attached hydrogens (tertiary/aromatic N) is 4. The predicted octanol–water partition coefficient (Wildman–Crippen LogP) is 3.35. The van der Waals surface area contributed by atoms with Crippen molar-refractivity contribution in [2.75, 3.05) is 33.2 Å². The molecule has 4 rings (SSSR count). The molecule has 0 unspecified atom stereocenters. The van der Waals surface area contributed by atoms with Gasteiger partial charge in [0.2, 0.25) is 0 Å². The first-order valence-corrected chi connectivity index (χ1v) is 8.91. The van der Waals surface area contributed by atoms with Gasteiger partial charge in [-0.1, -0.05) is 18.2 Å². The van der Waals surface area contributed by atoms with Gasteiger partial charge in [-0.25, -0.2) is 0 Å². The summed E-state index contributed by atoms with van der Waals surface area (Å²) >= 11 is 0. The number of fused-ring (bicyclic) bond motifs is 1. The Bertz CT molecular complexity index is 865. The number of pyridine rings is 2. The Balaban J connectivity index is 1.59. The van der Waals surface area contributed by atoms with Gasteiger partial charge < -0.3 is 4.90 Å². The van der Waals surface area contributed by atoms with Crippen molar-refractivity contribution in [3.63, 3.8) is 0 Å². The number of piperazine rings is 1. The van der Waals surface area contributed by atoms with Crippen LogP contribution in [0.4, 0.5) is 0 Å². The van der Waals surface area contributed by atoms with E-state index in [2.05, 4.69) is 59.1 Å². The molecule has 4 nitrogen and oxygen atoms in total. The fraction of sp³-hybridized carbons (Fsp3) is 0.333. The van der Waals surface area contributed by atoms with Crippen LogP contribution < -0.4 is 0 Å². The highest BCUT2D eigenvalue weighted by Gasteiger charge is 2.14. The molecule has 128 valence electrons. The molecule has 1 aliphatic rings. The Labute approximate surface area is 149 Å². The quantitative estimate of drug-likeness (QED) is 0.736. The van der Waals surface area contributed by atoms with Gasteiger partial charge in [-0.2, -0.15) is 0 Å². The highest BCUT2D eigenvalue weighted by molar-refractivity contribution is 5.95. The van der Waals surface area contributed by atoms with Crippen LogP contribution in [-0.2, 0) is 6.54 Å². The SMILES string of the molecule is Cc1ccc2ncccc2c1-c1ccc(CN2CCN(C)CC2)cn1. The maximum atomic E-state index is 4.78. The minimum Gasteiger partial charge on any atom is -0.304 e. The predicted molar refractivity (Wildman–Crippen MR) is 102 cm³/mol. The first-order valence-electron chi connectivity index (χ1n) is 8.91. The van der Waals surface area contributed by atoms with Crippen molar-refractivity contribution in [2.24, 2.45) is 0 Å². The lowest BCUT2D eigenvalue weighted by molar-refractivity contribution is 0.148. The van der Waals surface area contributed by atoms with Crippen LogP contribution in [0.25, 0.3) is 22.2 Å². The summed E-state index contributed by atoms with van der Waals surface area (Å²) < 4.78 is 0. The highest BCUT2D eigenvalue weighted by atomic mass is 15.2. The molecule has 1 aromatic carbocycles. The molecule has 25 heavy (non-hydrogen) atoms. The van der Waals surface area contributed by atoms with Crippen LogP contribution in [-0.4, -0.2) is 53.0 Å². The molecule has 0 aliphatic carbocycles. The van der Waals surface area contributed by atoms with Crippen molar-refractivity contribution in [3.05, 3.63) is 59.9 Å². The van der Waals surface area contributed by atoms with Gasteiger partial charge in [0.25, 0.3) is 0 Å². The first-order chi connectivity index (χ1) is 12.2. The van der Waals surface area contributed by atoms with Crippen molar-refractivity contribution in [3.8, 4) is 11.3 Å². The van der Waals surface area contributed by atoms with E-state index in [1.54, 1.807) is 0 Å². The van der Waals surface area contributed by atoms with Gasteiger partial charge in [0.05, 0.1) is 11.2 Å².